The van der Waals surface area contributed by atoms with Gasteiger partial charge in [0.25, 0.3) is 0 Å². The Labute approximate surface area is 115 Å². The fraction of sp³-hybridized carbons (Fsp3) is 0.462. The van der Waals surface area contributed by atoms with E-state index in [1.165, 1.54) is 11.9 Å². The minimum absolute atomic E-state index is 0.00526. The van der Waals surface area contributed by atoms with E-state index >= 15 is 0 Å². The normalized spacial score (nSPS) is 11.9. The van der Waals surface area contributed by atoms with Gasteiger partial charge in [0.1, 0.15) is 0 Å². The maximum atomic E-state index is 12.0. The predicted molar refractivity (Wildman–Crippen MR) is 70.7 cm³/mol. The fourth-order valence-electron chi connectivity index (χ4n) is 1.51. The van der Waals surface area contributed by atoms with Gasteiger partial charge in [0.15, 0.2) is 5.78 Å². The lowest BCUT2D eigenvalue weighted by Crippen LogP contribution is -2.29. The van der Waals surface area contributed by atoms with Gasteiger partial charge >= 0.3 is 6.18 Å². The van der Waals surface area contributed by atoms with Gasteiger partial charge in [-0.1, -0.05) is 12.1 Å². The highest BCUT2D eigenvalue weighted by molar-refractivity contribution is 7.98. The molecule has 0 aliphatic heterocycles. The molecule has 0 radical (unpaired) electrons. The lowest BCUT2D eigenvalue weighted by molar-refractivity contribution is -0.137. The molecule has 0 N–H and O–H groups in total. The van der Waals surface area contributed by atoms with E-state index in [1.807, 2.05) is 18.4 Å². The van der Waals surface area contributed by atoms with Crippen molar-refractivity contribution in [3.8, 4) is 0 Å². The Morgan fingerprint density at radius 2 is 1.84 bits per heavy atom. The zero-order valence-electron chi connectivity index (χ0n) is 10.8. The first kappa shape index (κ1) is 16.0. The van der Waals surface area contributed by atoms with Crippen LogP contribution in [0.1, 0.15) is 16.8 Å². The summed E-state index contributed by atoms with van der Waals surface area (Å²) in [5.74, 6) is -0.169. The van der Waals surface area contributed by atoms with Gasteiger partial charge in [-0.05, 0) is 25.4 Å². The molecule has 2 nitrogen and oxygen atoms in total. The van der Waals surface area contributed by atoms with Crippen molar-refractivity contribution in [3.63, 3.8) is 0 Å². The van der Waals surface area contributed by atoms with Gasteiger partial charge in [0.05, 0.1) is 13.0 Å². The Bertz CT molecular complexity index is 417. The summed E-state index contributed by atoms with van der Waals surface area (Å²) in [6.07, 6.45) is -3.15. The monoisotopic (exact) mass is 291 g/mol. The van der Waals surface area contributed by atoms with Gasteiger partial charge in [-0.2, -0.15) is 13.2 Å². The van der Waals surface area contributed by atoms with Crippen molar-refractivity contribution < 1.29 is 18.0 Å². The summed E-state index contributed by atoms with van der Waals surface area (Å²) in [6, 6.07) is 7.05. The van der Waals surface area contributed by atoms with Crippen LogP contribution in [-0.2, 0) is 0 Å². The standard InChI is InChI=1S/C13H16F3NOS/c1-17(8-7-13(14,15)16)9-12(18)10-3-5-11(19-2)6-4-10/h3-6H,7-9H2,1-2H3. The van der Waals surface area contributed by atoms with Crippen LogP contribution in [0.4, 0.5) is 13.2 Å². The highest BCUT2D eigenvalue weighted by Gasteiger charge is 2.27. The molecule has 1 rings (SSSR count). The molecule has 1 aromatic rings. The Kier molecular flexibility index (Phi) is 5.87. The number of nitrogens with zero attached hydrogens (tertiary/aromatic N) is 1. The number of hydrogen-bond donors (Lipinski definition) is 0. The van der Waals surface area contributed by atoms with Gasteiger partial charge in [-0.25, -0.2) is 0 Å². The maximum absolute atomic E-state index is 12.0. The average Bonchev–Trinajstić information content (AvgIpc) is 2.35. The fourth-order valence-corrected chi connectivity index (χ4v) is 1.92. The highest BCUT2D eigenvalue weighted by atomic mass is 32.2. The molecule has 0 heterocycles. The van der Waals surface area contributed by atoms with Gasteiger partial charge in [0, 0.05) is 17.0 Å². The Balaban J connectivity index is 2.49. The van der Waals surface area contributed by atoms with Crippen LogP contribution in [0, 0.1) is 0 Å². The van der Waals surface area contributed by atoms with E-state index in [1.54, 1.807) is 23.9 Å². The summed E-state index contributed by atoms with van der Waals surface area (Å²) in [4.78, 5) is 14.3. The Hall–Kier alpha value is -1.01. The van der Waals surface area contributed by atoms with Crippen LogP contribution in [0.3, 0.4) is 0 Å². The number of alkyl halides is 3. The summed E-state index contributed by atoms with van der Waals surface area (Å²) >= 11 is 1.57. The number of rotatable bonds is 6. The number of Topliss-reactive ketones (excluding diaryl/α,β-unsaturated/α-hetero) is 1. The van der Waals surface area contributed by atoms with Crippen LogP contribution in [-0.4, -0.2) is 43.3 Å². The third kappa shape index (κ3) is 6.11. The SMILES string of the molecule is CSc1ccc(C(=O)CN(C)CCC(F)(F)F)cc1. The van der Waals surface area contributed by atoms with Crippen LogP contribution in [0.5, 0.6) is 0 Å². The number of carbonyl (C=O) groups excluding carboxylic acids is 1. The van der Waals surface area contributed by atoms with Crippen LogP contribution in [0.2, 0.25) is 0 Å². The second kappa shape index (κ2) is 6.96. The molecule has 0 aliphatic rings. The van der Waals surface area contributed by atoms with Gasteiger partial charge in [0.2, 0.25) is 0 Å². The van der Waals surface area contributed by atoms with E-state index in [0.717, 1.165) is 4.90 Å². The van der Waals surface area contributed by atoms with Crippen molar-refractivity contribution in [1.82, 2.24) is 4.90 Å². The topological polar surface area (TPSA) is 20.3 Å². The number of thioether (sulfide) groups is 1. The molecule has 106 valence electrons. The van der Waals surface area contributed by atoms with Crippen molar-refractivity contribution in [2.45, 2.75) is 17.5 Å². The number of halogens is 3. The third-order valence-electron chi connectivity index (χ3n) is 2.60. The number of benzene rings is 1. The molecule has 0 spiro atoms. The van der Waals surface area contributed by atoms with E-state index in [4.69, 9.17) is 0 Å². The first-order valence-electron chi connectivity index (χ1n) is 5.74. The smallest absolute Gasteiger partial charge is 0.299 e. The molecular weight excluding hydrogens is 275 g/mol. The third-order valence-corrected chi connectivity index (χ3v) is 3.35. The van der Waals surface area contributed by atoms with E-state index in [2.05, 4.69) is 0 Å². The number of hydrogen-bond acceptors (Lipinski definition) is 3. The van der Waals surface area contributed by atoms with Gasteiger partial charge in [-0.3, -0.25) is 9.69 Å². The minimum Gasteiger partial charge on any atom is -0.299 e. The minimum atomic E-state index is -4.18. The van der Waals surface area contributed by atoms with E-state index in [9.17, 15) is 18.0 Å². The van der Waals surface area contributed by atoms with E-state index in [-0.39, 0.29) is 18.9 Å². The summed E-state index contributed by atoms with van der Waals surface area (Å²) in [5, 5.41) is 0. The summed E-state index contributed by atoms with van der Waals surface area (Å²) in [5.41, 5.74) is 0.525. The van der Waals surface area contributed by atoms with E-state index in [0.29, 0.717) is 5.56 Å². The van der Waals surface area contributed by atoms with Crippen LogP contribution in [0.25, 0.3) is 0 Å². The lowest BCUT2D eigenvalue weighted by Gasteiger charge is -2.16. The number of ketones is 1. The summed E-state index contributed by atoms with van der Waals surface area (Å²) in [6.45, 7) is -0.174. The van der Waals surface area contributed by atoms with Crippen LogP contribution >= 0.6 is 11.8 Å². The van der Waals surface area contributed by atoms with Crippen LogP contribution in [0.15, 0.2) is 29.2 Å². The van der Waals surface area contributed by atoms with Crippen LogP contribution < -0.4 is 0 Å². The molecule has 6 heteroatoms. The zero-order chi connectivity index (χ0) is 14.5. The molecule has 0 amide bonds. The molecule has 19 heavy (non-hydrogen) atoms. The molecule has 0 aromatic heterocycles. The molecule has 0 aliphatic carbocycles. The lowest BCUT2D eigenvalue weighted by atomic mass is 10.1. The predicted octanol–water partition coefficient (Wildman–Crippen LogP) is 3.48. The second-order valence-electron chi connectivity index (χ2n) is 4.25. The Morgan fingerprint density at radius 1 is 1.26 bits per heavy atom. The quantitative estimate of drug-likeness (QED) is 0.591. The maximum Gasteiger partial charge on any atom is 0.390 e. The van der Waals surface area contributed by atoms with Gasteiger partial charge in [-0.15, -0.1) is 11.8 Å². The highest BCUT2D eigenvalue weighted by Crippen LogP contribution is 2.19. The Morgan fingerprint density at radius 3 is 2.32 bits per heavy atom. The average molecular weight is 291 g/mol. The molecule has 0 atom stereocenters. The van der Waals surface area contributed by atoms with Crippen molar-refractivity contribution >= 4 is 17.5 Å². The first-order chi connectivity index (χ1) is 8.81. The largest absolute Gasteiger partial charge is 0.390 e. The molecule has 1 aromatic carbocycles. The molecular formula is C13H16F3NOS. The van der Waals surface area contributed by atoms with Crippen molar-refractivity contribution in [3.05, 3.63) is 29.8 Å². The molecule has 0 saturated heterocycles. The van der Waals surface area contributed by atoms with Crippen molar-refractivity contribution in [2.24, 2.45) is 0 Å². The molecule has 0 unspecified atom stereocenters. The van der Waals surface area contributed by atoms with Crippen molar-refractivity contribution in [2.75, 3.05) is 26.4 Å². The van der Waals surface area contributed by atoms with Gasteiger partial charge < -0.3 is 0 Å². The zero-order valence-corrected chi connectivity index (χ0v) is 11.6. The number of likely N-dealkylation sites (N-methyl/N-ethyl adjacent to an activating group) is 1. The first-order valence-corrected chi connectivity index (χ1v) is 6.97. The van der Waals surface area contributed by atoms with E-state index < -0.39 is 12.6 Å². The van der Waals surface area contributed by atoms with Crippen molar-refractivity contribution in [1.29, 1.82) is 0 Å². The molecule has 0 bridgehead atoms. The summed E-state index contributed by atoms with van der Waals surface area (Å²) < 4.78 is 36.1. The summed E-state index contributed by atoms with van der Waals surface area (Å²) in [7, 11) is 1.51. The molecule has 0 saturated carbocycles. The second-order valence-corrected chi connectivity index (χ2v) is 5.13. The number of carbonyl (C=O) groups is 1. The molecule has 0 fully saturated rings.